The molecule has 6 heteroatoms. The molecule has 3 nitrogen and oxygen atoms in total. The van der Waals surface area contributed by atoms with E-state index < -0.39 is 0 Å². The lowest BCUT2D eigenvalue weighted by molar-refractivity contribution is 1.10. The van der Waals surface area contributed by atoms with Gasteiger partial charge in [0.2, 0.25) is 0 Å². The van der Waals surface area contributed by atoms with E-state index in [1.165, 1.54) is 11.8 Å². The van der Waals surface area contributed by atoms with Crippen molar-refractivity contribution in [3.63, 3.8) is 0 Å². The summed E-state index contributed by atoms with van der Waals surface area (Å²) in [6.45, 7) is 0. The Labute approximate surface area is 101 Å². The maximum Gasteiger partial charge on any atom is 0.133 e. The summed E-state index contributed by atoms with van der Waals surface area (Å²) >= 11 is 13.3. The van der Waals surface area contributed by atoms with Crippen LogP contribution in [0.4, 0.5) is 5.82 Å². The Bertz CT molecular complexity index is 484. The molecule has 0 radical (unpaired) electrons. The first kappa shape index (κ1) is 10.7. The van der Waals surface area contributed by atoms with Gasteiger partial charge in [-0.2, -0.15) is 5.10 Å². The van der Waals surface area contributed by atoms with Crippen LogP contribution in [0.25, 0.3) is 0 Å². The number of nitrogens with zero attached hydrogens (tertiary/aromatic N) is 1. The molecule has 0 bridgehead atoms. The lowest BCUT2D eigenvalue weighted by Crippen LogP contribution is -1.86. The molecular formula is C9H7Cl2N3S. The van der Waals surface area contributed by atoms with E-state index in [0.717, 1.165) is 9.79 Å². The van der Waals surface area contributed by atoms with Crippen molar-refractivity contribution in [3.05, 3.63) is 34.4 Å². The zero-order valence-electron chi connectivity index (χ0n) is 7.50. The first-order valence-electron chi connectivity index (χ1n) is 4.08. The maximum absolute atomic E-state index is 6.01. The Kier molecular flexibility index (Phi) is 3.09. The minimum Gasteiger partial charge on any atom is -0.383 e. The van der Waals surface area contributed by atoms with E-state index in [4.69, 9.17) is 28.9 Å². The van der Waals surface area contributed by atoms with Gasteiger partial charge in [0.1, 0.15) is 5.82 Å². The molecule has 1 aromatic heterocycles. The zero-order chi connectivity index (χ0) is 10.8. The van der Waals surface area contributed by atoms with E-state index in [9.17, 15) is 0 Å². The summed E-state index contributed by atoms with van der Waals surface area (Å²) in [4.78, 5) is 1.69. The van der Waals surface area contributed by atoms with Crippen molar-refractivity contribution in [2.45, 2.75) is 9.79 Å². The molecule has 0 saturated heterocycles. The minimum absolute atomic E-state index is 0.524. The predicted molar refractivity (Wildman–Crippen MR) is 63.6 cm³/mol. The number of benzene rings is 1. The number of aromatic nitrogens is 2. The van der Waals surface area contributed by atoms with Crippen LogP contribution in [0.5, 0.6) is 0 Å². The van der Waals surface area contributed by atoms with Crippen LogP contribution in [-0.2, 0) is 0 Å². The number of halogens is 2. The lowest BCUT2D eigenvalue weighted by atomic mass is 10.4. The molecule has 15 heavy (non-hydrogen) atoms. The number of H-pyrrole nitrogens is 1. The van der Waals surface area contributed by atoms with Crippen molar-refractivity contribution in [1.29, 1.82) is 0 Å². The molecule has 2 aromatic rings. The predicted octanol–water partition coefficient (Wildman–Crippen LogP) is 3.45. The number of nitrogens with two attached hydrogens (primary N) is 1. The zero-order valence-corrected chi connectivity index (χ0v) is 9.83. The van der Waals surface area contributed by atoms with Gasteiger partial charge >= 0.3 is 0 Å². The number of anilines is 1. The van der Waals surface area contributed by atoms with E-state index in [1.807, 2.05) is 0 Å². The van der Waals surface area contributed by atoms with Crippen LogP contribution in [0.3, 0.4) is 0 Å². The average Bonchev–Trinajstić information content (AvgIpc) is 2.58. The van der Waals surface area contributed by atoms with Gasteiger partial charge in [-0.15, -0.1) is 0 Å². The second kappa shape index (κ2) is 4.35. The molecule has 78 valence electrons. The molecule has 0 atom stereocenters. The fourth-order valence-corrected chi connectivity index (χ4v) is 2.36. The van der Waals surface area contributed by atoms with Gasteiger partial charge in [0.05, 0.1) is 16.1 Å². The van der Waals surface area contributed by atoms with Gasteiger partial charge in [0.15, 0.2) is 0 Å². The van der Waals surface area contributed by atoms with Crippen molar-refractivity contribution >= 4 is 40.8 Å². The normalized spacial score (nSPS) is 10.5. The van der Waals surface area contributed by atoms with Crippen molar-refractivity contribution in [2.75, 3.05) is 5.73 Å². The molecule has 0 aliphatic rings. The summed E-state index contributed by atoms with van der Waals surface area (Å²) in [7, 11) is 0. The molecule has 0 fully saturated rings. The largest absolute Gasteiger partial charge is 0.383 e. The Hall–Kier alpha value is -0.840. The van der Waals surface area contributed by atoms with Crippen LogP contribution < -0.4 is 5.73 Å². The second-order valence-electron chi connectivity index (χ2n) is 2.82. The first-order valence-corrected chi connectivity index (χ1v) is 5.66. The highest BCUT2D eigenvalue weighted by Gasteiger charge is 2.07. The summed E-state index contributed by atoms with van der Waals surface area (Å²) in [5, 5.41) is 7.76. The molecular weight excluding hydrogens is 253 g/mol. The molecule has 1 heterocycles. The van der Waals surface area contributed by atoms with E-state index >= 15 is 0 Å². The Morgan fingerprint density at radius 1 is 1.27 bits per heavy atom. The molecule has 0 unspecified atom stereocenters. The number of rotatable bonds is 2. The number of hydrogen-bond donors (Lipinski definition) is 2. The number of nitrogens with one attached hydrogen (secondary N) is 1. The monoisotopic (exact) mass is 259 g/mol. The van der Waals surface area contributed by atoms with Crippen LogP contribution in [0.2, 0.25) is 10.0 Å². The van der Waals surface area contributed by atoms with E-state index in [-0.39, 0.29) is 0 Å². The van der Waals surface area contributed by atoms with Crippen molar-refractivity contribution in [3.8, 4) is 0 Å². The van der Waals surface area contributed by atoms with Crippen LogP contribution in [0, 0.1) is 0 Å². The summed E-state index contributed by atoms with van der Waals surface area (Å²) in [6.07, 6.45) is 1.65. The quantitative estimate of drug-likeness (QED) is 0.869. The fraction of sp³-hybridized carbons (Fsp3) is 0. The third-order valence-electron chi connectivity index (χ3n) is 1.75. The summed E-state index contributed by atoms with van der Waals surface area (Å²) < 4.78 is 0. The molecule has 3 N–H and O–H groups in total. The Balaban J connectivity index is 2.32. The van der Waals surface area contributed by atoms with Crippen molar-refractivity contribution in [1.82, 2.24) is 10.2 Å². The van der Waals surface area contributed by atoms with E-state index in [0.29, 0.717) is 15.9 Å². The molecule has 0 amide bonds. The number of aromatic amines is 1. The van der Waals surface area contributed by atoms with Crippen molar-refractivity contribution < 1.29 is 0 Å². The maximum atomic E-state index is 6.01. The highest BCUT2D eigenvalue weighted by Crippen LogP contribution is 2.36. The van der Waals surface area contributed by atoms with Gasteiger partial charge in [0.25, 0.3) is 0 Å². The molecule has 0 aliphatic heterocycles. The van der Waals surface area contributed by atoms with Gasteiger partial charge < -0.3 is 5.73 Å². The Morgan fingerprint density at radius 2 is 2.07 bits per heavy atom. The van der Waals surface area contributed by atoms with Crippen LogP contribution in [-0.4, -0.2) is 10.2 Å². The number of nitrogen functional groups attached to an aromatic ring is 1. The third kappa shape index (κ3) is 2.40. The topological polar surface area (TPSA) is 54.7 Å². The summed E-state index contributed by atoms with van der Waals surface area (Å²) in [5.74, 6) is 0.524. The summed E-state index contributed by atoms with van der Waals surface area (Å²) in [5.41, 5.74) is 5.66. The number of hydrogen-bond acceptors (Lipinski definition) is 3. The fourth-order valence-electron chi connectivity index (χ4n) is 1.04. The van der Waals surface area contributed by atoms with Crippen LogP contribution in [0.1, 0.15) is 0 Å². The van der Waals surface area contributed by atoms with Gasteiger partial charge in [0, 0.05) is 9.92 Å². The van der Waals surface area contributed by atoms with Crippen LogP contribution >= 0.6 is 35.0 Å². The molecule has 1 aromatic carbocycles. The van der Waals surface area contributed by atoms with E-state index in [2.05, 4.69) is 10.2 Å². The Morgan fingerprint density at radius 3 is 2.73 bits per heavy atom. The molecule has 2 rings (SSSR count). The molecule has 0 saturated carbocycles. The SMILES string of the molecule is Nc1[nH]ncc1Sc1cc(Cl)ccc1Cl. The van der Waals surface area contributed by atoms with Crippen LogP contribution in [0.15, 0.2) is 34.2 Å². The van der Waals surface area contributed by atoms with Gasteiger partial charge in [-0.05, 0) is 18.2 Å². The highest BCUT2D eigenvalue weighted by atomic mass is 35.5. The second-order valence-corrected chi connectivity index (χ2v) is 4.75. The average molecular weight is 260 g/mol. The van der Waals surface area contributed by atoms with Crippen molar-refractivity contribution in [2.24, 2.45) is 0 Å². The first-order chi connectivity index (χ1) is 7.16. The van der Waals surface area contributed by atoms with Gasteiger partial charge in [-0.25, -0.2) is 0 Å². The smallest absolute Gasteiger partial charge is 0.133 e. The van der Waals surface area contributed by atoms with Gasteiger partial charge in [-0.1, -0.05) is 35.0 Å². The molecule has 0 aliphatic carbocycles. The highest BCUT2D eigenvalue weighted by molar-refractivity contribution is 7.99. The minimum atomic E-state index is 0.524. The lowest BCUT2D eigenvalue weighted by Gasteiger charge is -2.03. The van der Waals surface area contributed by atoms with Gasteiger partial charge in [-0.3, -0.25) is 5.10 Å². The van der Waals surface area contributed by atoms with E-state index in [1.54, 1.807) is 24.4 Å². The molecule has 0 spiro atoms. The third-order valence-corrected chi connectivity index (χ3v) is 3.53. The standard InChI is InChI=1S/C9H7Cl2N3S/c10-5-1-2-6(11)7(3-5)15-8-4-13-14-9(8)12/h1-4H,(H3,12,13,14). The summed E-state index contributed by atoms with van der Waals surface area (Å²) in [6, 6.07) is 5.29.